The highest BCUT2D eigenvalue weighted by Crippen LogP contribution is 2.33. The predicted octanol–water partition coefficient (Wildman–Crippen LogP) is 4.04. The number of thiophene rings is 1. The molecule has 1 aromatic heterocycles. The number of methoxy groups -OCH3 is 1. The summed E-state index contributed by atoms with van der Waals surface area (Å²) in [5.41, 5.74) is 3.09. The molecule has 1 aromatic carbocycles. The maximum Gasteiger partial charge on any atom is 0.265 e. The summed E-state index contributed by atoms with van der Waals surface area (Å²) in [6.45, 7) is 8.28. The lowest BCUT2D eigenvalue weighted by Crippen LogP contribution is -2.24. The lowest BCUT2D eigenvalue weighted by molar-refractivity contribution is 0.103. The van der Waals surface area contributed by atoms with E-state index in [0.29, 0.717) is 11.8 Å². The maximum atomic E-state index is 12.5. The number of hydrogen-bond donors (Lipinski definition) is 1. The molecular weight excluding hydrogens is 308 g/mol. The number of amides is 1. The van der Waals surface area contributed by atoms with Crippen LogP contribution in [-0.2, 0) is 13.1 Å². The van der Waals surface area contributed by atoms with Crippen LogP contribution in [0.3, 0.4) is 0 Å². The van der Waals surface area contributed by atoms with E-state index in [1.54, 1.807) is 18.4 Å². The number of fused-ring (bicyclic) bond motifs is 1. The normalized spacial score (nSPS) is 14.1. The Balaban J connectivity index is 1.76. The van der Waals surface area contributed by atoms with Crippen molar-refractivity contribution in [2.45, 2.75) is 39.9 Å². The van der Waals surface area contributed by atoms with Crippen molar-refractivity contribution in [1.29, 1.82) is 0 Å². The van der Waals surface area contributed by atoms with E-state index in [1.165, 1.54) is 10.4 Å². The maximum absolute atomic E-state index is 12.5. The average molecular weight is 330 g/mol. The molecule has 0 radical (unpaired) electrons. The van der Waals surface area contributed by atoms with Crippen LogP contribution in [0.5, 0.6) is 5.75 Å². The van der Waals surface area contributed by atoms with Crippen molar-refractivity contribution in [1.82, 2.24) is 4.90 Å². The molecule has 3 rings (SSSR count). The minimum absolute atomic E-state index is 0.0654. The van der Waals surface area contributed by atoms with E-state index >= 15 is 0 Å². The van der Waals surface area contributed by atoms with Crippen LogP contribution in [0.2, 0.25) is 0 Å². The molecule has 5 heteroatoms. The zero-order chi connectivity index (χ0) is 16.6. The summed E-state index contributed by atoms with van der Waals surface area (Å²) in [5, 5.41) is 2.97. The number of carbonyl (C=O) groups is 1. The molecule has 2 aromatic rings. The highest BCUT2D eigenvalue weighted by molar-refractivity contribution is 7.14. The Morgan fingerprint density at radius 1 is 1.30 bits per heavy atom. The van der Waals surface area contributed by atoms with E-state index in [1.807, 2.05) is 31.2 Å². The summed E-state index contributed by atoms with van der Waals surface area (Å²) in [4.78, 5) is 17.0. The molecule has 0 saturated carbocycles. The molecule has 1 N–H and O–H groups in total. The van der Waals surface area contributed by atoms with E-state index < -0.39 is 0 Å². The number of nitrogens with zero attached hydrogens (tertiary/aromatic N) is 1. The molecule has 0 fully saturated rings. The van der Waals surface area contributed by atoms with Gasteiger partial charge in [-0.1, -0.05) is 6.07 Å². The third-order valence-electron chi connectivity index (χ3n) is 4.17. The lowest BCUT2D eigenvalue weighted by atomic mass is 10.2. The second-order valence-electron chi connectivity index (χ2n) is 6.22. The number of benzene rings is 1. The first-order chi connectivity index (χ1) is 11.0. The average Bonchev–Trinajstić information content (AvgIpc) is 3.06. The minimum Gasteiger partial charge on any atom is -0.495 e. The number of hydrogen-bond acceptors (Lipinski definition) is 4. The molecule has 0 unspecified atom stereocenters. The van der Waals surface area contributed by atoms with Crippen molar-refractivity contribution in [3.8, 4) is 5.75 Å². The van der Waals surface area contributed by atoms with Crippen molar-refractivity contribution in [2.24, 2.45) is 0 Å². The first kappa shape index (κ1) is 16.0. The van der Waals surface area contributed by atoms with Gasteiger partial charge in [0, 0.05) is 24.0 Å². The summed E-state index contributed by atoms with van der Waals surface area (Å²) in [6.07, 6.45) is 0. The minimum atomic E-state index is -0.0654. The highest BCUT2D eigenvalue weighted by Gasteiger charge is 2.25. The second kappa shape index (κ2) is 6.34. The topological polar surface area (TPSA) is 41.6 Å². The van der Waals surface area contributed by atoms with Crippen LogP contribution >= 0.6 is 11.3 Å². The monoisotopic (exact) mass is 330 g/mol. The van der Waals surface area contributed by atoms with Crippen LogP contribution in [-0.4, -0.2) is 24.0 Å². The number of aryl methyl sites for hydroxylation is 1. The zero-order valence-electron chi connectivity index (χ0n) is 14.0. The van der Waals surface area contributed by atoms with E-state index in [-0.39, 0.29) is 5.91 Å². The van der Waals surface area contributed by atoms with Gasteiger partial charge >= 0.3 is 0 Å². The molecule has 0 aliphatic carbocycles. The third-order valence-corrected chi connectivity index (χ3v) is 5.33. The summed E-state index contributed by atoms with van der Waals surface area (Å²) in [7, 11) is 1.61. The number of nitrogens with one attached hydrogen (secondary N) is 1. The Morgan fingerprint density at radius 2 is 2.09 bits per heavy atom. The Labute approximate surface area is 141 Å². The first-order valence-corrected chi connectivity index (χ1v) is 8.61. The summed E-state index contributed by atoms with van der Waals surface area (Å²) < 4.78 is 5.32. The fourth-order valence-electron chi connectivity index (χ4n) is 2.77. The third kappa shape index (κ3) is 3.26. The van der Waals surface area contributed by atoms with Crippen LogP contribution in [0.1, 0.15) is 39.5 Å². The van der Waals surface area contributed by atoms with Gasteiger partial charge < -0.3 is 10.1 Å². The predicted molar refractivity (Wildman–Crippen MR) is 94.4 cm³/mol. The van der Waals surface area contributed by atoms with Gasteiger partial charge in [0.1, 0.15) is 5.75 Å². The lowest BCUT2D eigenvalue weighted by Gasteiger charge is -2.19. The molecule has 2 heterocycles. The fraction of sp³-hybridized carbons (Fsp3) is 0.389. The van der Waals surface area contributed by atoms with Gasteiger partial charge in [0.25, 0.3) is 5.91 Å². The van der Waals surface area contributed by atoms with Gasteiger partial charge in [-0.3, -0.25) is 9.69 Å². The van der Waals surface area contributed by atoms with Crippen LogP contribution in [0.4, 0.5) is 5.69 Å². The molecule has 1 amide bonds. The van der Waals surface area contributed by atoms with Crippen molar-refractivity contribution < 1.29 is 9.53 Å². The van der Waals surface area contributed by atoms with Gasteiger partial charge in [-0.25, -0.2) is 0 Å². The van der Waals surface area contributed by atoms with E-state index in [4.69, 9.17) is 4.74 Å². The van der Waals surface area contributed by atoms with Gasteiger partial charge in [0.15, 0.2) is 0 Å². The molecular formula is C18H22N2O2S. The first-order valence-electron chi connectivity index (χ1n) is 7.79. The number of ether oxygens (including phenoxy) is 1. The molecule has 0 bridgehead atoms. The number of anilines is 1. The Morgan fingerprint density at radius 3 is 2.74 bits per heavy atom. The van der Waals surface area contributed by atoms with Gasteiger partial charge in [-0.05, 0) is 50.1 Å². The summed E-state index contributed by atoms with van der Waals surface area (Å²) in [6, 6.07) is 8.33. The standard InChI is InChI=1S/C18H22N2O2S/c1-11(2)20-9-13-8-16(23-17(13)10-20)18(21)19-14-7-12(3)5-6-15(14)22-4/h5-8,11H,9-10H2,1-4H3,(H,19,21). The van der Waals surface area contributed by atoms with Crippen LogP contribution in [0, 0.1) is 6.92 Å². The molecule has 0 spiro atoms. The number of rotatable bonds is 4. The molecule has 1 aliphatic heterocycles. The Kier molecular flexibility index (Phi) is 4.41. The van der Waals surface area contributed by atoms with Gasteiger partial charge in [-0.2, -0.15) is 0 Å². The molecule has 23 heavy (non-hydrogen) atoms. The molecule has 122 valence electrons. The van der Waals surface area contributed by atoms with Crippen molar-refractivity contribution >= 4 is 22.9 Å². The fourth-order valence-corrected chi connectivity index (χ4v) is 3.87. The largest absolute Gasteiger partial charge is 0.495 e. The Bertz CT molecular complexity index is 713. The second-order valence-corrected chi connectivity index (χ2v) is 7.35. The molecule has 0 saturated heterocycles. The zero-order valence-corrected chi connectivity index (χ0v) is 14.8. The SMILES string of the molecule is COc1ccc(C)cc1NC(=O)c1cc2c(s1)CN(C(C)C)C2. The van der Waals surface area contributed by atoms with Crippen LogP contribution in [0.15, 0.2) is 24.3 Å². The van der Waals surface area contributed by atoms with Gasteiger partial charge in [0.05, 0.1) is 17.7 Å². The molecule has 4 nitrogen and oxygen atoms in total. The van der Waals surface area contributed by atoms with E-state index in [9.17, 15) is 4.79 Å². The summed E-state index contributed by atoms with van der Waals surface area (Å²) in [5.74, 6) is 0.614. The van der Waals surface area contributed by atoms with Gasteiger partial charge in [-0.15, -0.1) is 11.3 Å². The van der Waals surface area contributed by atoms with Gasteiger partial charge in [0.2, 0.25) is 0 Å². The van der Waals surface area contributed by atoms with E-state index in [2.05, 4.69) is 24.1 Å². The smallest absolute Gasteiger partial charge is 0.265 e. The van der Waals surface area contributed by atoms with Crippen molar-refractivity contribution in [3.05, 3.63) is 45.1 Å². The quantitative estimate of drug-likeness (QED) is 0.920. The van der Waals surface area contributed by atoms with E-state index in [0.717, 1.165) is 29.2 Å². The van der Waals surface area contributed by atoms with Crippen LogP contribution < -0.4 is 10.1 Å². The Hall–Kier alpha value is -1.85. The molecule has 0 atom stereocenters. The van der Waals surface area contributed by atoms with Crippen molar-refractivity contribution in [2.75, 3.05) is 12.4 Å². The highest BCUT2D eigenvalue weighted by atomic mass is 32.1. The number of carbonyl (C=O) groups excluding carboxylic acids is 1. The summed E-state index contributed by atoms with van der Waals surface area (Å²) >= 11 is 1.59. The molecule has 1 aliphatic rings. The van der Waals surface area contributed by atoms with Crippen LogP contribution in [0.25, 0.3) is 0 Å². The van der Waals surface area contributed by atoms with Crippen molar-refractivity contribution in [3.63, 3.8) is 0 Å².